The first kappa shape index (κ1) is 10.4. The minimum absolute atomic E-state index is 0.393. The smallest absolute Gasteiger partial charge is 0.182 e. The van der Waals surface area contributed by atoms with E-state index in [1.807, 2.05) is 35.8 Å². The molecular weight excluding hydrogens is 228 g/mol. The molecule has 0 unspecified atom stereocenters. The molecule has 0 saturated carbocycles. The lowest BCUT2D eigenvalue weighted by molar-refractivity contribution is 0.577. The van der Waals surface area contributed by atoms with E-state index in [-0.39, 0.29) is 0 Å². The zero-order valence-corrected chi connectivity index (χ0v) is 9.71. The molecule has 0 aliphatic heterocycles. The molecule has 0 amide bonds. The van der Waals surface area contributed by atoms with Gasteiger partial charge in [-0.05, 0) is 24.3 Å². The fourth-order valence-electron chi connectivity index (χ4n) is 1.90. The SMILES string of the molecule is CNc1ccc2c(C#N)nc(-c3ccco3)n2c1. The number of aromatic nitrogens is 2. The predicted molar refractivity (Wildman–Crippen MR) is 67.2 cm³/mol. The van der Waals surface area contributed by atoms with Crippen molar-refractivity contribution in [2.45, 2.75) is 0 Å². The molecule has 0 radical (unpaired) electrons. The maximum absolute atomic E-state index is 9.10. The molecule has 0 aromatic carbocycles. The second kappa shape index (κ2) is 3.93. The van der Waals surface area contributed by atoms with E-state index in [4.69, 9.17) is 9.68 Å². The normalized spacial score (nSPS) is 10.4. The largest absolute Gasteiger partial charge is 0.461 e. The van der Waals surface area contributed by atoms with Gasteiger partial charge in [-0.1, -0.05) is 0 Å². The number of hydrogen-bond donors (Lipinski definition) is 1. The summed E-state index contributed by atoms with van der Waals surface area (Å²) in [4.78, 5) is 4.31. The van der Waals surface area contributed by atoms with Crippen molar-refractivity contribution in [3.8, 4) is 17.7 Å². The summed E-state index contributed by atoms with van der Waals surface area (Å²) in [5.74, 6) is 1.27. The lowest BCUT2D eigenvalue weighted by Crippen LogP contribution is -1.93. The topological polar surface area (TPSA) is 66.3 Å². The number of fused-ring (bicyclic) bond motifs is 1. The molecule has 0 spiro atoms. The van der Waals surface area contributed by atoms with Crippen molar-refractivity contribution in [3.63, 3.8) is 0 Å². The van der Waals surface area contributed by atoms with Gasteiger partial charge < -0.3 is 9.73 Å². The molecule has 3 aromatic heterocycles. The molecule has 0 atom stereocenters. The minimum Gasteiger partial charge on any atom is -0.461 e. The maximum atomic E-state index is 9.10. The van der Waals surface area contributed by atoms with Crippen LogP contribution in [0.1, 0.15) is 5.69 Å². The summed E-state index contributed by atoms with van der Waals surface area (Å²) in [5.41, 5.74) is 2.10. The van der Waals surface area contributed by atoms with E-state index in [9.17, 15) is 0 Å². The van der Waals surface area contributed by atoms with E-state index < -0.39 is 0 Å². The van der Waals surface area contributed by atoms with Crippen molar-refractivity contribution in [1.29, 1.82) is 5.26 Å². The molecule has 1 N–H and O–H groups in total. The summed E-state index contributed by atoms with van der Waals surface area (Å²) in [6, 6.07) is 9.48. The average molecular weight is 238 g/mol. The second-order valence-electron chi connectivity index (χ2n) is 3.80. The van der Waals surface area contributed by atoms with Crippen molar-refractivity contribution < 1.29 is 4.42 Å². The number of anilines is 1. The first-order valence-electron chi connectivity index (χ1n) is 5.47. The molecule has 0 fully saturated rings. The van der Waals surface area contributed by atoms with Crippen LogP contribution in [0, 0.1) is 11.3 Å². The predicted octanol–water partition coefficient (Wildman–Crippen LogP) is 2.51. The molecule has 3 aromatic rings. The first-order chi connectivity index (χ1) is 8.83. The standard InChI is InChI=1S/C13H10N4O/c1-15-9-4-5-11-10(7-14)16-13(17(11)8-9)12-3-2-6-18-12/h2-6,8,15H,1H3. The van der Waals surface area contributed by atoms with Gasteiger partial charge in [0.15, 0.2) is 17.3 Å². The van der Waals surface area contributed by atoms with Crippen molar-refractivity contribution in [3.05, 3.63) is 42.4 Å². The van der Waals surface area contributed by atoms with Gasteiger partial charge in [0.05, 0.1) is 17.5 Å². The van der Waals surface area contributed by atoms with Crippen LogP contribution in [0.15, 0.2) is 41.1 Å². The summed E-state index contributed by atoms with van der Waals surface area (Å²) in [6.45, 7) is 0. The quantitative estimate of drug-likeness (QED) is 0.744. The van der Waals surface area contributed by atoms with E-state index in [0.717, 1.165) is 11.2 Å². The molecule has 0 aliphatic rings. The Labute approximate surface area is 103 Å². The van der Waals surface area contributed by atoms with Crippen LogP contribution >= 0.6 is 0 Å². The number of rotatable bonds is 2. The molecule has 3 heterocycles. The number of nitrogens with zero attached hydrogens (tertiary/aromatic N) is 3. The highest BCUT2D eigenvalue weighted by Crippen LogP contribution is 2.24. The lowest BCUT2D eigenvalue weighted by atomic mass is 10.3. The van der Waals surface area contributed by atoms with Crippen LogP contribution in [0.3, 0.4) is 0 Å². The molecule has 0 saturated heterocycles. The molecular formula is C13H10N4O. The van der Waals surface area contributed by atoms with Crippen LogP contribution in [0.25, 0.3) is 17.1 Å². The van der Waals surface area contributed by atoms with Crippen LogP contribution in [0.4, 0.5) is 5.69 Å². The van der Waals surface area contributed by atoms with Crippen molar-refractivity contribution in [1.82, 2.24) is 9.38 Å². The number of nitriles is 1. The molecule has 3 rings (SSSR count). The van der Waals surface area contributed by atoms with Gasteiger partial charge in [-0.3, -0.25) is 4.40 Å². The molecule has 18 heavy (non-hydrogen) atoms. The number of pyridine rings is 1. The first-order valence-corrected chi connectivity index (χ1v) is 5.47. The molecule has 5 heteroatoms. The Morgan fingerprint density at radius 2 is 2.28 bits per heavy atom. The molecule has 88 valence electrons. The van der Waals surface area contributed by atoms with E-state index in [1.165, 1.54) is 0 Å². The fraction of sp³-hybridized carbons (Fsp3) is 0.0769. The highest BCUT2D eigenvalue weighted by molar-refractivity contribution is 5.68. The van der Waals surface area contributed by atoms with Gasteiger partial charge in [-0.15, -0.1) is 0 Å². The van der Waals surface area contributed by atoms with Gasteiger partial charge in [-0.25, -0.2) is 4.98 Å². The van der Waals surface area contributed by atoms with Gasteiger partial charge in [0.1, 0.15) is 6.07 Å². The van der Waals surface area contributed by atoms with E-state index in [0.29, 0.717) is 17.3 Å². The maximum Gasteiger partial charge on any atom is 0.182 e. The average Bonchev–Trinajstić information content (AvgIpc) is 3.04. The van der Waals surface area contributed by atoms with Crippen LogP contribution in [0.2, 0.25) is 0 Å². The third-order valence-electron chi connectivity index (χ3n) is 2.77. The number of furan rings is 1. The highest BCUT2D eigenvalue weighted by atomic mass is 16.3. The third kappa shape index (κ3) is 1.44. The Morgan fingerprint density at radius 3 is 2.94 bits per heavy atom. The second-order valence-corrected chi connectivity index (χ2v) is 3.80. The van der Waals surface area contributed by atoms with Crippen LogP contribution in [0.5, 0.6) is 0 Å². The highest BCUT2D eigenvalue weighted by Gasteiger charge is 2.14. The Morgan fingerprint density at radius 1 is 1.39 bits per heavy atom. The molecule has 5 nitrogen and oxygen atoms in total. The van der Waals surface area contributed by atoms with Gasteiger partial charge in [0.2, 0.25) is 0 Å². The summed E-state index contributed by atoms with van der Waals surface area (Å²) < 4.78 is 7.20. The van der Waals surface area contributed by atoms with Gasteiger partial charge in [0.25, 0.3) is 0 Å². The van der Waals surface area contributed by atoms with Crippen molar-refractivity contribution in [2.24, 2.45) is 0 Å². The Hall–Kier alpha value is -2.74. The van der Waals surface area contributed by atoms with Crippen LogP contribution in [-0.2, 0) is 0 Å². The Balaban J connectivity index is 2.34. The monoisotopic (exact) mass is 238 g/mol. The Bertz CT molecular complexity index is 734. The summed E-state index contributed by atoms with van der Waals surface area (Å²) >= 11 is 0. The van der Waals surface area contributed by atoms with E-state index >= 15 is 0 Å². The number of nitrogens with one attached hydrogen (secondary N) is 1. The van der Waals surface area contributed by atoms with Gasteiger partial charge in [-0.2, -0.15) is 5.26 Å². The number of hydrogen-bond acceptors (Lipinski definition) is 4. The molecule has 0 aliphatic carbocycles. The number of imidazole rings is 1. The lowest BCUT2D eigenvalue weighted by Gasteiger charge is -2.02. The van der Waals surface area contributed by atoms with Gasteiger partial charge >= 0.3 is 0 Å². The summed E-state index contributed by atoms with van der Waals surface area (Å²) in [7, 11) is 1.84. The fourth-order valence-corrected chi connectivity index (χ4v) is 1.90. The molecule has 0 bridgehead atoms. The van der Waals surface area contributed by atoms with Crippen molar-refractivity contribution >= 4 is 11.2 Å². The third-order valence-corrected chi connectivity index (χ3v) is 2.77. The Kier molecular flexibility index (Phi) is 2.27. The summed E-state index contributed by atoms with van der Waals surface area (Å²) in [5, 5.41) is 12.2. The zero-order chi connectivity index (χ0) is 12.5. The van der Waals surface area contributed by atoms with Crippen molar-refractivity contribution in [2.75, 3.05) is 12.4 Å². The summed E-state index contributed by atoms with van der Waals surface area (Å²) in [6.07, 6.45) is 3.48. The zero-order valence-electron chi connectivity index (χ0n) is 9.71. The van der Waals surface area contributed by atoms with Gasteiger partial charge in [0, 0.05) is 13.2 Å². The van der Waals surface area contributed by atoms with Crippen LogP contribution < -0.4 is 5.32 Å². The minimum atomic E-state index is 0.393. The van der Waals surface area contributed by atoms with E-state index in [1.54, 1.807) is 12.3 Å². The van der Waals surface area contributed by atoms with E-state index in [2.05, 4.69) is 16.4 Å². The van der Waals surface area contributed by atoms with Crippen LogP contribution in [-0.4, -0.2) is 16.4 Å².